The molecule has 0 unspecified atom stereocenters. The largest absolute Gasteiger partial charge is 0.422 e. The highest BCUT2D eigenvalue weighted by atomic mass is 19.1. The molecular weight excluding hydrogens is 416 g/mol. The van der Waals surface area contributed by atoms with E-state index >= 15 is 0 Å². The zero-order chi connectivity index (χ0) is 21.8. The minimum atomic E-state index is -0.700. The van der Waals surface area contributed by atoms with E-state index in [1.165, 1.54) is 25.0 Å². The molecule has 1 saturated carbocycles. The lowest BCUT2D eigenvalue weighted by molar-refractivity contribution is 0.00394. The van der Waals surface area contributed by atoms with Crippen LogP contribution in [0.25, 0.3) is 22.5 Å². The monoisotopic (exact) mass is 437 g/mol. The average Bonchev–Trinajstić information content (AvgIpc) is 3.38. The summed E-state index contributed by atoms with van der Waals surface area (Å²) in [7, 11) is 0. The molecule has 32 heavy (non-hydrogen) atoms. The molecule has 164 valence electrons. The lowest BCUT2D eigenvalue weighted by Gasteiger charge is -2.28. The van der Waals surface area contributed by atoms with Gasteiger partial charge in [-0.2, -0.15) is 10.1 Å². The molecule has 7 nitrogen and oxygen atoms in total. The topological polar surface area (TPSA) is 78.9 Å². The maximum absolute atomic E-state index is 14.6. The second kappa shape index (κ2) is 7.44. The van der Waals surface area contributed by atoms with Crippen molar-refractivity contribution in [1.29, 1.82) is 0 Å². The van der Waals surface area contributed by atoms with Crippen LogP contribution in [0.2, 0.25) is 0 Å². The van der Waals surface area contributed by atoms with Crippen molar-refractivity contribution in [2.24, 2.45) is 0 Å². The minimum absolute atomic E-state index is 0.00455. The second-order valence-corrected chi connectivity index (χ2v) is 8.51. The van der Waals surface area contributed by atoms with Gasteiger partial charge < -0.3 is 9.15 Å². The number of rotatable bonds is 4. The van der Waals surface area contributed by atoms with E-state index in [0.29, 0.717) is 47.7 Å². The standard InChI is InChI=1S/C23H21F2N5O2/c1-12-27-21-20(17-5-2-15(24)9-18(17)25)28-22(29-23(21)32-12)13-6-7-31-19(8-13)14-10-26-30(11-14)16-3-4-16/h2,5,9-11,13,16,19H,3-4,6-8H2,1H3/t13-,19+/m0/s1. The maximum Gasteiger partial charge on any atom is 0.250 e. The fraction of sp³-hybridized carbons (Fsp3) is 0.391. The number of halogens is 2. The Bertz CT molecular complexity index is 1310. The van der Waals surface area contributed by atoms with Crippen molar-refractivity contribution in [2.75, 3.05) is 6.61 Å². The molecule has 2 fully saturated rings. The molecule has 0 spiro atoms. The summed E-state index contributed by atoms with van der Waals surface area (Å²) in [4.78, 5) is 13.6. The van der Waals surface area contributed by atoms with Gasteiger partial charge in [0.15, 0.2) is 11.4 Å². The number of aromatic nitrogens is 5. The van der Waals surface area contributed by atoms with Gasteiger partial charge in [-0.05, 0) is 37.8 Å². The molecule has 0 radical (unpaired) electrons. The van der Waals surface area contributed by atoms with Crippen LogP contribution in [0.15, 0.2) is 35.0 Å². The third-order valence-corrected chi connectivity index (χ3v) is 6.13. The van der Waals surface area contributed by atoms with Crippen molar-refractivity contribution in [3.8, 4) is 11.3 Å². The van der Waals surface area contributed by atoms with E-state index in [9.17, 15) is 8.78 Å². The molecule has 9 heteroatoms. The fourth-order valence-electron chi connectivity index (χ4n) is 4.32. The Labute approximate surface area is 182 Å². The summed E-state index contributed by atoms with van der Waals surface area (Å²) in [5.74, 6) is -0.390. The van der Waals surface area contributed by atoms with E-state index < -0.39 is 11.6 Å². The predicted molar refractivity (Wildman–Crippen MR) is 111 cm³/mol. The summed E-state index contributed by atoms with van der Waals surface area (Å²) < 4.78 is 41.8. The fourth-order valence-corrected chi connectivity index (χ4v) is 4.32. The molecule has 2 aliphatic rings. The molecular formula is C23H21F2N5O2. The third-order valence-electron chi connectivity index (χ3n) is 6.13. The summed E-state index contributed by atoms with van der Waals surface area (Å²) in [6.07, 6.45) is 7.58. The first-order chi connectivity index (χ1) is 15.5. The molecule has 4 heterocycles. The van der Waals surface area contributed by atoms with Crippen molar-refractivity contribution in [2.45, 2.75) is 50.7 Å². The van der Waals surface area contributed by atoms with Gasteiger partial charge >= 0.3 is 0 Å². The van der Waals surface area contributed by atoms with E-state index in [4.69, 9.17) is 14.1 Å². The highest BCUT2D eigenvalue weighted by molar-refractivity contribution is 5.86. The molecule has 1 saturated heterocycles. The molecule has 1 aromatic carbocycles. The van der Waals surface area contributed by atoms with Gasteiger partial charge in [0.05, 0.1) is 18.3 Å². The van der Waals surface area contributed by atoms with Gasteiger partial charge in [-0.25, -0.2) is 18.7 Å². The smallest absolute Gasteiger partial charge is 0.250 e. The first-order valence-corrected chi connectivity index (χ1v) is 10.8. The first kappa shape index (κ1) is 19.5. The van der Waals surface area contributed by atoms with Crippen LogP contribution in [0.5, 0.6) is 0 Å². The lowest BCUT2D eigenvalue weighted by Crippen LogP contribution is -2.20. The van der Waals surface area contributed by atoms with E-state index in [1.807, 2.05) is 10.9 Å². The number of aryl methyl sites for hydroxylation is 1. The quantitative estimate of drug-likeness (QED) is 0.445. The third kappa shape index (κ3) is 3.46. The Hall–Kier alpha value is -3.20. The average molecular weight is 437 g/mol. The van der Waals surface area contributed by atoms with Gasteiger partial charge in [0.1, 0.15) is 23.2 Å². The van der Waals surface area contributed by atoms with Gasteiger partial charge in [-0.15, -0.1) is 0 Å². The number of benzene rings is 1. The molecule has 1 aliphatic carbocycles. The van der Waals surface area contributed by atoms with Crippen LogP contribution in [0.3, 0.4) is 0 Å². The number of hydrogen-bond donors (Lipinski definition) is 0. The van der Waals surface area contributed by atoms with Crippen molar-refractivity contribution in [1.82, 2.24) is 24.7 Å². The van der Waals surface area contributed by atoms with Crippen LogP contribution in [0.1, 0.15) is 61.0 Å². The minimum Gasteiger partial charge on any atom is -0.422 e. The second-order valence-electron chi connectivity index (χ2n) is 8.51. The normalized spacial score (nSPS) is 21.3. The van der Waals surface area contributed by atoms with Crippen LogP contribution in [0.4, 0.5) is 8.78 Å². The van der Waals surface area contributed by atoms with E-state index in [-0.39, 0.29) is 17.6 Å². The van der Waals surface area contributed by atoms with Crippen LogP contribution < -0.4 is 0 Å². The van der Waals surface area contributed by atoms with Crippen LogP contribution in [-0.2, 0) is 4.74 Å². The first-order valence-electron chi connectivity index (χ1n) is 10.8. The van der Waals surface area contributed by atoms with E-state index in [2.05, 4.69) is 21.3 Å². The van der Waals surface area contributed by atoms with Gasteiger partial charge in [0.25, 0.3) is 5.71 Å². The summed E-state index contributed by atoms with van der Waals surface area (Å²) >= 11 is 0. The summed E-state index contributed by atoms with van der Waals surface area (Å²) in [6, 6.07) is 3.94. The van der Waals surface area contributed by atoms with Crippen LogP contribution in [-0.4, -0.2) is 31.3 Å². The van der Waals surface area contributed by atoms with Gasteiger partial charge in [-0.3, -0.25) is 4.68 Å². The highest BCUT2D eigenvalue weighted by Crippen LogP contribution is 2.40. The van der Waals surface area contributed by atoms with Crippen LogP contribution in [0, 0.1) is 18.6 Å². The molecule has 0 N–H and O–H groups in total. The molecule has 6 rings (SSSR count). The number of ether oxygens (including phenoxy) is 1. The van der Waals surface area contributed by atoms with Crippen molar-refractivity contribution in [3.05, 3.63) is 59.5 Å². The number of nitrogens with zero attached hydrogens (tertiary/aromatic N) is 5. The Morgan fingerprint density at radius 3 is 2.78 bits per heavy atom. The zero-order valence-corrected chi connectivity index (χ0v) is 17.5. The Morgan fingerprint density at radius 1 is 1.09 bits per heavy atom. The summed E-state index contributed by atoms with van der Waals surface area (Å²) in [6.45, 7) is 2.26. The molecule has 0 amide bonds. The van der Waals surface area contributed by atoms with E-state index in [1.54, 1.807) is 6.92 Å². The van der Waals surface area contributed by atoms with E-state index in [0.717, 1.165) is 18.1 Å². The Kier molecular flexibility index (Phi) is 4.53. The zero-order valence-electron chi connectivity index (χ0n) is 17.5. The van der Waals surface area contributed by atoms with Gasteiger partial charge in [-0.1, -0.05) is 0 Å². The van der Waals surface area contributed by atoms with Gasteiger partial charge in [0.2, 0.25) is 0 Å². The number of hydrogen-bond acceptors (Lipinski definition) is 6. The Morgan fingerprint density at radius 2 is 1.97 bits per heavy atom. The van der Waals surface area contributed by atoms with Crippen molar-refractivity contribution < 1.29 is 17.9 Å². The number of oxazole rings is 1. The molecule has 3 aromatic heterocycles. The van der Waals surface area contributed by atoms with Gasteiger partial charge in [0, 0.05) is 42.8 Å². The molecule has 0 bridgehead atoms. The van der Waals surface area contributed by atoms with Crippen molar-refractivity contribution in [3.63, 3.8) is 0 Å². The molecule has 2 atom stereocenters. The van der Waals surface area contributed by atoms with Crippen LogP contribution >= 0.6 is 0 Å². The predicted octanol–water partition coefficient (Wildman–Crippen LogP) is 5.04. The number of fused-ring (bicyclic) bond motifs is 1. The molecule has 1 aliphatic heterocycles. The summed E-state index contributed by atoms with van der Waals surface area (Å²) in [5.41, 5.74) is 2.19. The van der Waals surface area contributed by atoms with Crippen molar-refractivity contribution >= 4 is 11.2 Å². The highest BCUT2D eigenvalue weighted by Gasteiger charge is 2.31. The summed E-state index contributed by atoms with van der Waals surface area (Å²) in [5, 5.41) is 4.48. The Balaban J connectivity index is 1.37. The SMILES string of the molecule is Cc1nc2c(-c3ccc(F)cc3F)nc([C@H]3CCO[C@@H](c4cnn(C5CC5)c4)C3)nc2o1. The lowest BCUT2D eigenvalue weighted by atomic mass is 9.92. The molecule has 4 aromatic rings. The maximum atomic E-state index is 14.6.